The summed E-state index contributed by atoms with van der Waals surface area (Å²) >= 11 is 0. The Kier molecular flexibility index (Phi) is 3.89. The number of hydrogen-bond acceptors (Lipinski definition) is 2. The molecule has 0 amide bonds. The minimum absolute atomic E-state index is 0.312. The van der Waals surface area contributed by atoms with Gasteiger partial charge < -0.3 is 0 Å². The van der Waals surface area contributed by atoms with Crippen molar-refractivity contribution in [3.8, 4) is 6.07 Å². The molecule has 4 unspecified atom stereocenters. The van der Waals surface area contributed by atoms with Gasteiger partial charge in [0.05, 0.1) is 12.0 Å². The average molecular weight is 246 g/mol. The van der Waals surface area contributed by atoms with Gasteiger partial charge in [0, 0.05) is 12.1 Å². The Balaban J connectivity index is 1.76. The minimum atomic E-state index is 0.312. The lowest BCUT2D eigenvalue weighted by Crippen LogP contribution is -2.50. The third kappa shape index (κ3) is 2.30. The number of rotatable bonds is 1. The summed E-state index contributed by atoms with van der Waals surface area (Å²) in [5.41, 5.74) is 0. The monoisotopic (exact) mass is 246 g/mol. The minimum Gasteiger partial charge on any atom is -0.296 e. The summed E-state index contributed by atoms with van der Waals surface area (Å²) in [7, 11) is 0. The standard InChI is InChI=1S/C16H26N2/c17-12-14-6-2-1-3-9-16(14)18-11-5-8-13-7-4-10-15(13)18/h13-16H,1-11H2. The zero-order valence-electron chi connectivity index (χ0n) is 11.5. The lowest BCUT2D eigenvalue weighted by atomic mass is 9.86. The van der Waals surface area contributed by atoms with E-state index in [2.05, 4.69) is 11.0 Å². The molecule has 3 fully saturated rings. The van der Waals surface area contributed by atoms with Gasteiger partial charge in [0.1, 0.15) is 0 Å². The van der Waals surface area contributed by atoms with Crippen molar-refractivity contribution in [2.45, 2.75) is 76.3 Å². The summed E-state index contributed by atoms with van der Waals surface area (Å²) in [6, 6.07) is 4.05. The van der Waals surface area contributed by atoms with E-state index < -0.39 is 0 Å². The molecular weight excluding hydrogens is 220 g/mol. The molecule has 1 aliphatic heterocycles. The number of piperidine rings is 1. The summed E-state index contributed by atoms with van der Waals surface area (Å²) in [5.74, 6) is 1.27. The molecule has 0 aromatic carbocycles. The van der Waals surface area contributed by atoms with Crippen LogP contribution >= 0.6 is 0 Å². The lowest BCUT2D eigenvalue weighted by Gasteiger charge is -2.44. The fourth-order valence-electron chi connectivity index (χ4n) is 4.74. The first-order chi connectivity index (χ1) is 8.90. The highest BCUT2D eigenvalue weighted by Crippen LogP contribution is 2.40. The van der Waals surface area contributed by atoms with E-state index in [-0.39, 0.29) is 0 Å². The van der Waals surface area contributed by atoms with Gasteiger partial charge in [-0.25, -0.2) is 0 Å². The van der Waals surface area contributed by atoms with Crippen LogP contribution in [0.15, 0.2) is 0 Å². The normalized spacial score (nSPS) is 41.9. The SMILES string of the molecule is N#CC1CCCCCC1N1CCCC2CCCC21. The second kappa shape index (κ2) is 5.61. The van der Waals surface area contributed by atoms with Crippen LogP contribution in [-0.2, 0) is 0 Å². The maximum absolute atomic E-state index is 9.48. The highest BCUT2D eigenvalue weighted by atomic mass is 15.2. The van der Waals surface area contributed by atoms with Gasteiger partial charge in [-0.2, -0.15) is 5.26 Å². The average Bonchev–Trinajstić information content (AvgIpc) is 2.76. The third-order valence-electron chi connectivity index (χ3n) is 5.61. The zero-order valence-corrected chi connectivity index (χ0v) is 11.5. The molecule has 4 atom stereocenters. The Morgan fingerprint density at radius 2 is 1.56 bits per heavy atom. The lowest BCUT2D eigenvalue weighted by molar-refractivity contribution is 0.0464. The molecule has 1 saturated heterocycles. The molecule has 100 valence electrons. The maximum Gasteiger partial charge on any atom is 0.0672 e. The molecule has 0 bridgehead atoms. The molecule has 2 heteroatoms. The van der Waals surface area contributed by atoms with Crippen molar-refractivity contribution in [3.05, 3.63) is 0 Å². The molecule has 3 aliphatic rings. The van der Waals surface area contributed by atoms with E-state index in [1.54, 1.807) is 0 Å². The van der Waals surface area contributed by atoms with E-state index in [1.807, 2.05) is 0 Å². The number of hydrogen-bond donors (Lipinski definition) is 0. The molecule has 0 aromatic heterocycles. The van der Waals surface area contributed by atoms with Crippen molar-refractivity contribution >= 4 is 0 Å². The highest BCUT2D eigenvalue weighted by Gasteiger charge is 2.40. The molecule has 18 heavy (non-hydrogen) atoms. The molecular formula is C16H26N2. The quantitative estimate of drug-likeness (QED) is 0.659. The van der Waals surface area contributed by atoms with Crippen LogP contribution in [0.25, 0.3) is 0 Å². The second-order valence-electron chi connectivity index (χ2n) is 6.58. The Hall–Kier alpha value is -0.550. The van der Waals surface area contributed by atoms with Gasteiger partial charge in [-0.3, -0.25) is 4.90 Å². The Bertz CT molecular complexity index is 320. The Morgan fingerprint density at radius 1 is 0.778 bits per heavy atom. The van der Waals surface area contributed by atoms with Crippen LogP contribution in [0, 0.1) is 23.2 Å². The fraction of sp³-hybridized carbons (Fsp3) is 0.938. The van der Waals surface area contributed by atoms with E-state index >= 15 is 0 Å². The van der Waals surface area contributed by atoms with Gasteiger partial charge in [0.15, 0.2) is 0 Å². The molecule has 1 heterocycles. The van der Waals surface area contributed by atoms with Gasteiger partial charge in [0.2, 0.25) is 0 Å². The van der Waals surface area contributed by atoms with Gasteiger partial charge >= 0.3 is 0 Å². The van der Waals surface area contributed by atoms with E-state index in [0.29, 0.717) is 12.0 Å². The number of nitrogens with zero attached hydrogens (tertiary/aromatic N) is 2. The van der Waals surface area contributed by atoms with E-state index in [9.17, 15) is 5.26 Å². The summed E-state index contributed by atoms with van der Waals surface area (Å²) in [5, 5.41) is 9.48. The smallest absolute Gasteiger partial charge is 0.0672 e. The van der Waals surface area contributed by atoms with Gasteiger partial charge in [0.25, 0.3) is 0 Å². The van der Waals surface area contributed by atoms with E-state index in [1.165, 1.54) is 64.3 Å². The largest absolute Gasteiger partial charge is 0.296 e. The van der Waals surface area contributed by atoms with Crippen molar-refractivity contribution in [2.24, 2.45) is 11.8 Å². The summed E-state index contributed by atoms with van der Waals surface area (Å²) in [6.45, 7) is 1.27. The van der Waals surface area contributed by atoms with Crippen LogP contribution in [0.1, 0.15) is 64.2 Å². The predicted molar refractivity (Wildman–Crippen MR) is 73.0 cm³/mol. The molecule has 2 nitrogen and oxygen atoms in total. The summed E-state index contributed by atoms with van der Waals surface area (Å²) in [6.07, 6.45) is 13.5. The Morgan fingerprint density at radius 3 is 2.44 bits per heavy atom. The molecule has 2 aliphatic carbocycles. The first kappa shape index (κ1) is 12.5. The number of likely N-dealkylation sites (tertiary alicyclic amines) is 1. The number of nitriles is 1. The Labute approximate surface area is 111 Å². The van der Waals surface area contributed by atoms with Crippen LogP contribution in [0.4, 0.5) is 0 Å². The van der Waals surface area contributed by atoms with E-state index in [0.717, 1.165) is 18.4 Å². The topological polar surface area (TPSA) is 27.0 Å². The zero-order chi connectivity index (χ0) is 12.4. The maximum atomic E-state index is 9.48. The molecule has 0 aromatic rings. The van der Waals surface area contributed by atoms with Gasteiger partial charge in [-0.1, -0.05) is 25.7 Å². The van der Waals surface area contributed by atoms with Crippen LogP contribution < -0.4 is 0 Å². The van der Waals surface area contributed by atoms with Crippen molar-refractivity contribution in [1.29, 1.82) is 5.26 Å². The predicted octanol–water partition coefficient (Wildman–Crippen LogP) is 3.72. The highest BCUT2D eigenvalue weighted by molar-refractivity contribution is 4.99. The van der Waals surface area contributed by atoms with Crippen LogP contribution in [0.3, 0.4) is 0 Å². The fourth-order valence-corrected chi connectivity index (χ4v) is 4.74. The van der Waals surface area contributed by atoms with E-state index in [4.69, 9.17) is 0 Å². The molecule has 3 rings (SSSR count). The van der Waals surface area contributed by atoms with Crippen LogP contribution in [0.2, 0.25) is 0 Å². The first-order valence-electron chi connectivity index (χ1n) is 8.05. The van der Waals surface area contributed by atoms with Crippen molar-refractivity contribution in [1.82, 2.24) is 4.90 Å². The van der Waals surface area contributed by atoms with Crippen molar-refractivity contribution < 1.29 is 0 Å². The molecule has 2 saturated carbocycles. The van der Waals surface area contributed by atoms with Gasteiger partial charge in [-0.15, -0.1) is 0 Å². The van der Waals surface area contributed by atoms with Crippen LogP contribution in [-0.4, -0.2) is 23.5 Å². The summed E-state index contributed by atoms with van der Waals surface area (Å²) < 4.78 is 0. The van der Waals surface area contributed by atoms with Gasteiger partial charge in [-0.05, 0) is 51.0 Å². The van der Waals surface area contributed by atoms with Crippen molar-refractivity contribution in [2.75, 3.05) is 6.54 Å². The van der Waals surface area contributed by atoms with Crippen molar-refractivity contribution in [3.63, 3.8) is 0 Å². The molecule has 0 spiro atoms. The number of fused-ring (bicyclic) bond motifs is 1. The molecule has 0 radical (unpaired) electrons. The summed E-state index contributed by atoms with van der Waals surface area (Å²) in [4.78, 5) is 2.78. The third-order valence-corrected chi connectivity index (χ3v) is 5.61. The first-order valence-corrected chi connectivity index (χ1v) is 8.05. The molecule has 0 N–H and O–H groups in total. The van der Waals surface area contributed by atoms with Crippen LogP contribution in [0.5, 0.6) is 0 Å². The second-order valence-corrected chi connectivity index (χ2v) is 6.58.